The molecule has 2 aliphatic heterocycles. The van der Waals surface area contributed by atoms with Gasteiger partial charge in [0, 0.05) is 32.8 Å². The Morgan fingerprint density at radius 2 is 2.14 bits per heavy atom. The van der Waals surface area contributed by atoms with Gasteiger partial charge in [0.2, 0.25) is 20.0 Å². The smallest absolute Gasteiger partial charge is 0.249 e. The van der Waals surface area contributed by atoms with Gasteiger partial charge >= 0.3 is 0 Å². The first-order chi connectivity index (χ1) is 9.67. The maximum atomic E-state index is 12.5. The van der Waals surface area contributed by atoms with Gasteiger partial charge in [0.05, 0.1) is 0 Å². The highest BCUT2D eigenvalue weighted by Crippen LogP contribution is 2.46. The number of hydrogen-bond donors (Lipinski definition) is 2. The molecular formula is C10H19N3O5S3. The average Bonchev–Trinajstić information content (AvgIpc) is 2.82. The van der Waals surface area contributed by atoms with E-state index in [0.29, 0.717) is 25.1 Å². The van der Waals surface area contributed by atoms with Gasteiger partial charge in [-0.1, -0.05) is 11.8 Å². The molecule has 0 aromatic heterocycles. The van der Waals surface area contributed by atoms with E-state index in [-0.39, 0.29) is 17.2 Å². The summed E-state index contributed by atoms with van der Waals surface area (Å²) >= 11 is 0.781. The first-order valence-corrected chi connectivity index (χ1v) is 10.3. The zero-order valence-electron chi connectivity index (χ0n) is 11.6. The van der Waals surface area contributed by atoms with Crippen LogP contribution in [-0.2, 0) is 24.8 Å². The molecule has 0 radical (unpaired) electrons. The summed E-state index contributed by atoms with van der Waals surface area (Å²) in [5, 5.41) is 5.12. The van der Waals surface area contributed by atoms with Crippen molar-refractivity contribution in [3.05, 3.63) is 9.81 Å². The molecule has 0 bridgehead atoms. The van der Waals surface area contributed by atoms with Gasteiger partial charge in [-0.3, -0.25) is 0 Å². The van der Waals surface area contributed by atoms with E-state index in [1.54, 1.807) is 7.11 Å². The number of nitrogens with zero attached hydrogens (tertiary/aromatic N) is 1. The minimum Gasteiger partial charge on any atom is -0.385 e. The zero-order chi connectivity index (χ0) is 15.8. The van der Waals surface area contributed by atoms with E-state index in [4.69, 9.17) is 15.6 Å². The monoisotopic (exact) mass is 357 g/mol. The first-order valence-electron chi connectivity index (χ1n) is 6.34. The third-order valence-electron chi connectivity index (χ3n) is 3.43. The predicted octanol–water partition coefficient (Wildman–Crippen LogP) is -1.04. The molecule has 21 heavy (non-hydrogen) atoms. The molecule has 0 fully saturated rings. The predicted molar refractivity (Wildman–Crippen MR) is 81.1 cm³/mol. The summed E-state index contributed by atoms with van der Waals surface area (Å²) in [5.41, 5.74) is 6.47. The molecule has 0 spiro atoms. The molecule has 2 rings (SSSR count). The Kier molecular flexibility index (Phi) is 5.03. The largest absolute Gasteiger partial charge is 0.385 e. The Hall–Kier alpha value is -0.170. The fourth-order valence-electron chi connectivity index (χ4n) is 2.35. The van der Waals surface area contributed by atoms with Crippen molar-refractivity contribution in [1.29, 1.82) is 0 Å². The maximum Gasteiger partial charge on any atom is 0.249 e. The van der Waals surface area contributed by atoms with E-state index in [9.17, 15) is 16.8 Å². The Morgan fingerprint density at radius 3 is 2.71 bits per heavy atom. The van der Waals surface area contributed by atoms with Gasteiger partial charge in [-0.25, -0.2) is 22.0 Å². The van der Waals surface area contributed by atoms with E-state index in [1.165, 1.54) is 4.31 Å². The second-order valence-corrected chi connectivity index (χ2v) is 10.4. The van der Waals surface area contributed by atoms with Crippen LogP contribution in [0.3, 0.4) is 0 Å². The summed E-state index contributed by atoms with van der Waals surface area (Å²) in [6, 6.07) is -0.495. The van der Waals surface area contributed by atoms with Crippen LogP contribution in [-0.4, -0.2) is 58.6 Å². The third kappa shape index (κ3) is 3.44. The molecule has 122 valence electrons. The minimum atomic E-state index is -3.81. The van der Waals surface area contributed by atoms with Crippen LogP contribution >= 0.6 is 11.8 Å². The van der Waals surface area contributed by atoms with Gasteiger partial charge in [-0.05, 0) is 18.4 Å². The molecule has 0 amide bonds. The number of sulfonamides is 2. The Balaban J connectivity index is 2.24. The van der Waals surface area contributed by atoms with Gasteiger partial charge in [0.1, 0.15) is 8.82 Å². The summed E-state index contributed by atoms with van der Waals surface area (Å²) in [5.74, 6) is 0. The lowest BCUT2D eigenvalue weighted by Crippen LogP contribution is -2.46. The lowest BCUT2D eigenvalue weighted by molar-refractivity contribution is 0.186. The summed E-state index contributed by atoms with van der Waals surface area (Å²) in [7, 11) is -5.96. The van der Waals surface area contributed by atoms with Gasteiger partial charge < -0.3 is 10.5 Å². The Morgan fingerprint density at radius 1 is 1.48 bits per heavy atom. The molecule has 0 aliphatic carbocycles. The second kappa shape index (κ2) is 6.14. The fraction of sp³-hybridized carbons (Fsp3) is 0.800. The molecule has 11 heteroatoms. The van der Waals surface area contributed by atoms with Crippen molar-refractivity contribution in [2.24, 2.45) is 10.9 Å². The van der Waals surface area contributed by atoms with E-state index < -0.39 is 30.7 Å². The van der Waals surface area contributed by atoms with Crippen LogP contribution < -0.4 is 10.9 Å². The molecule has 4 N–H and O–H groups in total. The van der Waals surface area contributed by atoms with Gasteiger partial charge in [0.25, 0.3) is 0 Å². The SMILES string of the molecule is COCCCN1C[C@H](N)C2=C(SC(S(N)(=O)=O)C2)S1(=O)=O. The molecule has 0 aromatic rings. The minimum absolute atomic E-state index is 0.0534. The molecule has 2 atom stereocenters. The molecular weight excluding hydrogens is 338 g/mol. The summed E-state index contributed by atoms with van der Waals surface area (Å²) in [6.07, 6.45) is 0.624. The fourth-order valence-corrected chi connectivity index (χ4v) is 7.34. The van der Waals surface area contributed by atoms with Gasteiger partial charge in [0.15, 0.2) is 0 Å². The maximum absolute atomic E-state index is 12.5. The van der Waals surface area contributed by atoms with Crippen molar-refractivity contribution in [2.75, 3.05) is 26.8 Å². The van der Waals surface area contributed by atoms with Crippen molar-refractivity contribution in [2.45, 2.75) is 23.5 Å². The molecule has 8 nitrogen and oxygen atoms in total. The number of thioether (sulfide) groups is 1. The topological polar surface area (TPSA) is 133 Å². The van der Waals surface area contributed by atoms with Crippen LogP contribution in [0.4, 0.5) is 0 Å². The summed E-state index contributed by atoms with van der Waals surface area (Å²) < 4.78 is 53.2. The van der Waals surface area contributed by atoms with Gasteiger partial charge in [-0.2, -0.15) is 4.31 Å². The lowest BCUT2D eigenvalue weighted by atomic mass is 10.1. The van der Waals surface area contributed by atoms with Crippen LogP contribution in [0, 0.1) is 0 Å². The number of ether oxygens (including phenoxy) is 1. The van der Waals surface area contributed by atoms with Crippen LogP contribution in [0.25, 0.3) is 0 Å². The van der Waals surface area contributed by atoms with Crippen molar-refractivity contribution < 1.29 is 21.6 Å². The van der Waals surface area contributed by atoms with Gasteiger partial charge in [-0.15, -0.1) is 0 Å². The van der Waals surface area contributed by atoms with Crippen molar-refractivity contribution in [1.82, 2.24) is 4.31 Å². The Bertz CT molecular complexity index is 643. The summed E-state index contributed by atoms with van der Waals surface area (Å²) in [6.45, 7) is 0.893. The average molecular weight is 357 g/mol. The third-order valence-corrected chi connectivity index (χ3v) is 8.99. The molecule has 1 unspecified atom stereocenters. The normalized spacial score (nSPS) is 29.7. The number of rotatable bonds is 5. The second-order valence-electron chi connectivity index (χ2n) is 4.97. The van der Waals surface area contributed by atoms with E-state index >= 15 is 0 Å². The number of methoxy groups -OCH3 is 1. The number of hydrogen-bond acceptors (Lipinski definition) is 7. The lowest BCUT2D eigenvalue weighted by Gasteiger charge is -2.31. The number of primary sulfonamides is 1. The molecule has 2 heterocycles. The standard InChI is InChI=1S/C10H19N3O5S3/c1-18-4-2-3-13-6-8(11)7-5-9(20(12,14)15)19-10(7)21(13,16)17/h8-9H,2-6,11H2,1H3,(H2,12,14,15)/t8-,9?/m0/s1. The van der Waals surface area contributed by atoms with Crippen molar-refractivity contribution in [3.63, 3.8) is 0 Å². The highest BCUT2D eigenvalue weighted by Gasteiger charge is 2.46. The van der Waals surface area contributed by atoms with E-state index in [0.717, 1.165) is 11.8 Å². The highest BCUT2D eigenvalue weighted by atomic mass is 32.3. The quantitative estimate of drug-likeness (QED) is 0.600. The number of nitrogens with two attached hydrogens (primary N) is 2. The van der Waals surface area contributed by atoms with Crippen molar-refractivity contribution >= 4 is 31.8 Å². The van der Waals surface area contributed by atoms with E-state index in [1.807, 2.05) is 0 Å². The Labute approximate surface area is 129 Å². The molecule has 0 saturated carbocycles. The van der Waals surface area contributed by atoms with Crippen LogP contribution in [0.5, 0.6) is 0 Å². The highest BCUT2D eigenvalue weighted by molar-refractivity contribution is 8.24. The molecule has 2 aliphatic rings. The van der Waals surface area contributed by atoms with Crippen LogP contribution in [0.2, 0.25) is 0 Å². The van der Waals surface area contributed by atoms with E-state index in [2.05, 4.69) is 0 Å². The summed E-state index contributed by atoms with van der Waals surface area (Å²) in [4.78, 5) is 0. The van der Waals surface area contributed by atoms with Crippen LogP contribution in [0.15, 0.2) is 9.81 Å². The van der Waals surface area contributed by atoms with Crippen LogP contribution in [0.1, 0.15) is 12.8 Å². The first kappa shape index (κ1) is 17.2. The molecule has 0 saturated heterocycles. The zero-order valence-corrected chi connectivity index (χ0v) is 14.0. The van der Waals surface area contributed by atoms with Crippen molar-refractivity contribution in [3.8, 4) is 0 Å². The molecule has 0 aromatic carbocycles.